The number of aromatic nitrogens is 1. The lowest BCUT2D eigenvalue weighted by Crippen LogP contribution is -2.18. The average Bonchev–Trinajstić information content (AvgIpc) is 2.68. The minimum Gasteiger partial charge on any atom is -0.311 e. The maximum atomic E-state index is 4.75. The average molecular weight is 258 g/mol. The summed E-state index contributed by atoms with van der Waals surface area (Å²) in [6.45, 7) is 6.63. The van der Waals surface area contributed by atoms with Crippen molar-refractivity contribution in [3.63, 3.8) is 0 Å². The summed E-state index contributed by atoms with van der Waals surface area (Å²) in [7, 11) is 2.02. The molecule has 1 heterocycles. The van der Waals surface area contributed by atoms with Crippen LogP contribution in [-0.2, 0) is 5.41 Å². The summed E-state index contributed by atoms with van der Waals surface area (Å²) in [6.07, 6.45) is 3.30. The third kappa shape index (κ3) is 3.75. The summed E-state index contributed by atoms with van der Waals surface area (Å²) < 4.78 is 0. The Bertz CT molecular complexity index is 315. The molecule has 0 fully saturated rings. The predicted octanol–water partition coefficient (Wildman–Crippen LogP) is 3.45. The lowest BCUT2D eigenvalue weighted by molar-refractivity contribution is 0.548. The molecule has 4 heteroatoms. The first-order valence-electron chi connectivity index (χ1n) is 5.61. The van der Waals surface area contributed by atoms with Crippen LogP contribution in [0.2, 0.25) is 0 Å². The molecule has 1 unspecified atom stereocenters. The number of hydrogen-bond donors (Lipinski definition) is 1. The third-order valence-electron chi connectivity index (χ3n) is 2.55. The van der Waals surface area contributed by atoms with E-state index in [2.05, 4.69) is 37.7 Å². The fraction of sp³-hybridized carbons (Fsp3) is 0.750. The molecule has 0 bridgehead atoms. The number of rotatable bonds is 5. The minimum absolute atomic E-state index is 0.159. The first-order chi connectivity index (χ1) is 7.49. The fourth-order valence-electron chi connectivity index (χ4n) is 1.42. The summed E-state index contributed by atoms with van der Waals surface area (Å²) in [5, 5.41) is 6.77. The lowest BCUT2D eigenvalue weighted by atomic mass is 9.93. The van der Waals surface area contributed by atoms with Crippen molar-refractivity contribution in [2.24, 2.45) is 0 Å². The van der Waals surface area contributed by atoms with Crippen LogP contribution >= 0.6 is 23.1 Å². The van der Waals surface area contributed by atoms with Crippen molar-refractivity contribution in [3.8, 4) is 0 Å². The van der Waals surface area contributed by atoms with E-state index in [0.717, 1.165) is 6.42 Å². The minimum atomic E-state index is 0.159. The highest BCUT2D eigenvalue weighted by Gasteiger charge is 2.20. The van der Waals surface area contributed by atoms with Gasteiger partial charge in [-0.05, 0) is 25.5 Å². The molecular weight excluding hydrogens is 236 g/mol. The first kappa shape index (κ1) is 14.0. The number of thiazole rings is 1. The Morgan fingerprint density at radius 2 is 2.19 bits per heavy atom. The van der Waals surface area contributed by atoms with E-state index in [1.54, 1.807) is 11.3 Å². The van der Waals surface area contributed by atoms with Crippen LogP contribution in [0.25, 0.3) is 0 Å². The van der Waals surface area contributed by atoms with Crippen LogP contribution in [0.3, 0.4) is 0 Å². The van der Waals surface area contributed by atoms with E-state index in [4.69, 9.17) is 4.98 Å². The molecule has 1 rings (SSSR count). The number of hydrogen-bond acceptors (Lipinski definition) is 4. The van der Waals surface area contributed by atoms with Crippen LogP contribution in [0.1, 0.15) is 43.9 Å². The molecule has 0 aliphatic rings. The molecule has 1 aromatic heterocycles. The first-order valence-corrected chi connectivity index (χ1v) is 7.88. The second-order valence-electron chi connectivity index (χ2n) is 4.94. The van der Waals surface area contributed by atoms with Crippen LogP contribution in [0, 0.1) is 0 Å². The van der Waals surface area contributed by atoms with Crippen molar-refractivity contribution in [1.29, 1.82) is 0 Å². The van der Waals surface area contributed by atoms with Crippen LogP contribution in [0.5, 0.6) is 0 Å². The van der Waals surface area contributed by atoms with Gasteiger partial charge in [0.1, 0.15) is 5.01 Å². The Labute approximate surface area is 107 Å². The van der Waals surface area contributed by atoms with E-state index >= 15 is 0 Å². The highest BCUT2D eigenvalue weighted by Crippen LogP contribution is 2.28. The van der Waals surface area contributed by atoms with Gasteiger partial charge in [0.15, 0.2) is 0 Å². The van der Waals surface area contributed by atoms with Crippen molar-refractivity contribution in [2.45, 2.75) is 38.6 Å². The number of nitrogens with zero attached hydrogens (tertiary/aromatic N) is 1. The molecule has 0 aromatic carbocycles. The van der Waals surface area contributed by atoms with Gasteiger partial charge >= 0.3 is 0 Å². The summed E-state index contributed by atoms with van der Waals surface area (Å²) >= 11 is 3.67. The van der Waals surface area contributed by atoms with Crippen molar-refractivity contribution < 1.29 is 0 Å². The highest BCUT2D eigenvalue weighted by atomic mass is 32.2. The molecule has 1 atom stereocenters. The van der Waals surface area contributed by atoms with E-state index in [9.17, 15) is 0 Å². The van der Waals surface area contributed by atoms with Crippen molar-refractivity contribution in [1.82, 2.24) is 10.3 Å². The molecule has 1 aromatic rings. The van der Waals surface area contributed by atoms with Crippen LogP contribution < -0.4 is 5.32 Å². The summed E-state index contributed by atoms with van der Waals surface area (Å²) in [5.41, 5.74) is 1.36. The summed E-state index contributed by atoms with van der Waals surface area (Å²) in [5.74, 6) is 1.18. The smallest absolute Gasteiger partial charge is 0.110 e. The highest BCUT2D eigenvalue weighted by molar-refractivity contribution is 7.98. The summed E-state index contributed by atoms with van der Waals surface area (Å²) in [4.78, 5) is 4.75. The molecule has 0 spiro atoms. The molecular formula is C12H22N2S2. The normalized spacial score (nSPS) is 14.1. The molecule has 0 radical (unpaired) electrons. The summed E-state index contributed by atoms with van der Waals surface area (Å²) in [6, 6.07) is 0.411. The van der Waals surface area contributed by atoms with Crippen LogP contribution in [-0.4, -0.2) is 24.0 Å². The maximum absolute atomic E-state index is 4.75. The van der Waals surface area contributed by atoms with Gasteiger partial charge in [-0.1, -0.05) is 20.8 Å². The molecule has 0 aliphatic carbocycles. The van der Waals surface area contributed by atoms with Gasteiger partial charge in [0.2, 0.25) is 0 Å². The molecule has 0 amide bonds. The monoisotopic (exact) mass is 258 g/mol. The van der Waals surface area contributed by atoms with Crippen molar-refractivity contribution in [3.05, 3.63) is 16.1 Å². The zero-order valence-corrected chi connectivity index (χ0v) is 12.5. The molecule has 1 N–H and O–H groups in total. The van der Waals surface area contributed by atoms with Crippen molar-refractivity contribution >= 4 is 23.1 Å². The van der Waals surface area contributed by atoms with Gasteiger partial charge in [-0.3, -0.25) is 0 Å². The van der Waals surface area contributed by atoms with Crippen molar-refractivity contribution in [2.75, 3.05) is 19.1 Å². The standard InChI is InChI=1S/C12H22N2S2/c1-12(2,3)10-8-16-11(14-10)9(13-4)6-7-15-5/h8-9,13H,6-7H2,1-5H3. The largest absolute Gasteiger partial charge is 0.311 e. The Morgan fingerprint density at radius 1 is 1.50 bits per heavy atom. The maximum Gasteiger partial charge on any atom is 0.110 e. The second kappa shape index (κ2) is 6.03. The van der Waals surface area contributed by atoms with E-state index < -0.39 is 0 Å². The van der Waals surface area contributed by atoms with E-state index in [0.29, 0.717) is 6.04 Å². The van der Waals surface area contributed by atoms with Crippen LogP contribution in [0.15, 0.2) is 5.38 Å². The molecule has 0 aliphatic heterocycles. The lowest BCUT2D eigenvalue weighted by Gasteiger charge is -2.16. The molecule has 2 nitrogen and oxygen atoms in total. The quantitative estimate of drug-likeness (QED) is 0.875. The van der Waals surface area contributed by atoms with E-state index in [1.807, 2.05) is 18.8 Å². The molecule has 92 valence electrons. The zero-order valence-electron chi connectivity index (χ0n) is 10.8. The van der Waals surface area contributed by atoms with Gasteiger partial charge < -0.3 is 5.32 Å². The van der Waals surface area contributed by atoms with Gasteiger partial charge in [-0.2, -0.15) is 11.8 Å². The van der Waals surface area contributed by atoms with Gasteiger partial charge in [-0.15, -0.1) is 11.3 Å². The SMILES string of the molecule is CNC(CCSC)c1nc(C(C)(C)C)cs1. The molecule has 0 saturated heterocycles. The fourth-order valence-corrected chi connectivity index (χ4v) is 3.08. The third-order valence-corrected chi connectivity index (χ3v) is 4.15. The predicted molar refractivity (Wildman–Crippen MR) is 75.6 cm³/mol. The molecule has 0 saturated carbocycles. The Balaban J connectivity index is 2.75. The zero-order chi connectivity index (χ0) is 12.2. The van der Waals surface area contributed by atoms with Crippen LogP contribution in [0.4, 0.5) is 0 Å². The van der Waals surface area contributed by atoms with Gasteiger partial charge in [-0.25, -0.2) is 4.98 Å². The van der Waals surface area contributed by atoms with E-state index in [1.165, 1.54) is 16.5 Å². The number of thioether (sulfide) groups is 1. The van der Waals surface area contributed by atoms with E-state index in [-0.39, 0.29) is 5.41 Å². The topological polar surface area (TPSA) is 24.9 Å². The molecule has 16 heavy (non-hydrogen) atoms. The van der Waals surface area contributed by atoms with Gasteiger partial charge in [0.25, 0.3) is 0 Å². The van der Waals surface area contributed by atoms with Gasteiger partial charge in [0.05, 0.1) is 11.7 Å². The number of nitrogens with one attached hydrogen (secondary N) is 1. The second-order valence-corrected chi connectivity index (χ2v) is 6.82. The Morgan fingerprint density at radius 3 is 2.62 bits per heavy atom. The van der Waals surface area contributed by atoms with Gasteiger partial charge in [0, 0.05) is 10.8 Å². The Kier molecular flexibility index (Phi) is 5.28. The Hall–Kier alpha value is -0.0600.